The van der Waals surface area contributed by atoms with E-state index >= 15 is 0 Å². The molecule has 2 aromatic carbocycles. The zero-order chi connectivity index (χ0) is 17.6. The van der Waals surface area contributed by atoms with Crippen LogP contribution in [0, 0.1) is 0 Å². The zero-order valence-electron chi connectivity index (χ0n) is 14.1. The summed E-state index contributed by atoms with van der Waals surface area (Å²) < 4.78 is 5.18. The van der Waals surface area contributed by atoms with Crippen LogP contribution in [-0.2, 0) is 17.9 Å². The van der Waals surface area contributed by atoms with Crippen LogP contribution in [-0.4, -0.2) is 32.1 Å². The van der Waals surface area contributed by atoms with Crippen molar-refractivity contribution in [2.45, 2.75) is 13.2 Å². The Balaban J connectivity index is 1.63. The Bertz CT molecular complexity index is 759. The highest BCUT2D eigenvalue weighted by molar-refractivity contribution is 5.97. The highest BCUT2D eigenvalue weighted by atomic mass is 16.5. The topological polar surface area (TPSA) is 70.7 Å². The molecule has 0 saturated carbocycles. The number of amides is 3. The highest BCUT2D eigenvalue weighted by Gasteiger charge is 2.21. The molecule has 1 heterocycles. The number of rotatable bonds is 6. The Hall–Kier alpha value is -2.86. The van der Waals surface area contributed by atoms with Crippen LogP contribution < -0.4 is 15.5 Å². The van der Waals surface area contributed by atoms with Gasteiger partial charge < -0.3 is 15.4 Å². The number of carbonyl (C=O) groups excluding carboxylic acids is 2. The predicted octanol–water partition coefficient (Wildman–Crippen LogP) is 2.29. The summed E-state index contributed by atoms with van der Waals surface area (Å²) in [6.45, 7) is 2.23. The first-order valence-corrected chi connectivity index (χ1v) is 8.18. The van der Waals surface area contributed by atoms with Gasteiger partial charge in [-0.3, -0.25) is 9.69 Å². The largest absolute Gasteiger partial charge is 0.380 e. The van der Waals surface area contributed by atoms with Crippen molar-refractivity contribution in [3.63, 3.8) is 0 Å². The molecule has 3 rings (SSSR count). The Morgan fingerprint density at radius 1 is 1.16 bits per heavy atom. The molecule has 6 heteroatoms. The van der Waals surface area contributed by atoms with Gasteiger partial charge in [-0.05, 0) is 35.4 Å². The lowest BCUT2D eigenvalue weighted by Crippen LogP contribution is -2.28. The first kappa shape index (κ1) is 17.0. The molecule has 2 N–H and O–H groups in total. The number of carbonyl (C=O) groups is 2. The fraction of sp³-hybridized carbons (Fsp3) is 0.263. The molecule has 2 aromatic rings. The van der Waals surface area contributed by atoms with Crippen LogP contribution in [0.2, 0.25) is 0 Å². The van der Waals surface area contributed by atoms with Crippen LogP contribution in [0.1, 0.15) is 21.5 Å². The summed E-state index contributed by atoms with van der Waals surface area (Å²) in [6.07, 6.45) is 0. The Morgan fingerprint density at radius 2 is 1.88 bits per heavy atom. The molecule has 25 heavy (non-hydrogen) atoms. The third-order valence-corrected chi connectivity index (χ3v) is 4.16. The number of anilines is 1. The average molecular weight is 339 g/mol. The van der Waals surface area contributed by atoms with E-state index in [2.05, 4.69) is 10.6 Å². The van der Waals surface area contributed by atoms with Gasteiger partial charge in [-0.25, -0.2) is 4.79 Å². The molecule has 3 amide bonds. The molecule has 0 spiro atoms. The lowest BCUT2D eigenvalue weighted by molar-refractivity contribution is 0.0950. The SMILES string of the molecule is COCc1ccccc1CNC(=O)c1ccc(N2CCNC2=O)cc1. The Kier molecular flexibility index (Phi) is 5.30. The standard InChI is InChI=1S/C19H21N3O3/c1-25-13-16-5-3-2-4-15(16)12-21-18(23)14-6-8-17(9-7-14)22-11-10-20-19(22)24/h2-9H,10-13H2,1H3,(H,20,24)(H,21,23). The normalized spacial score (nSPS) is 13.6. The smallest absolute Gasteiger partial charge is 0.321 e. The van der Waals surface area contributed by atoms with Crippen LogP contribution in [0.5, 0.6) is 0 Å². The maximum atomic E-state index is 12.3. The third-order valence-electron chi connectivity index (χ3n) is 4.16. The molecule has 0 aliphatic carbocycles. The summed E-state index contributed by atoms with van der Waals surface area (Å²) in [6, 6.07) is 14.8. The first-order valence-electron chi connectivity index (χ1n) is 8.18. The summed E-state index contributed by atoms with van der Waals surface area (Å²) >= 11 is 0. The molecule has 1 aliphatic heterocycles. The van der Waals surface area contributed by atoms with E-state index in [1.165, 1.54) is 0 Å². The summed E-state index contributed by atoms with van der Waals surface area (Å²) in [4.78, 5) is 25.7. The number of benzene rings is 2. The van der Waals surface area contributed by atoms with E-state index in [9.17, 15) is 9.59 Å². The second-order valence-electron chi connectivity index (χ2n) is 5.81. The number of urea groups is 1. The lowest BCUT2D eigenvalue weighted by atomic mass is 10.1. The van der Waals surface area contributed by atoms with E-state index in [0.29, 0.717) is 31.8 Å². The number of hydrogen-bond donors (Lipinski definition) is 2. The van der Waals surface area contributed by atoms with Crippen molar-refractivity contribution >= 4 is 17.6 Å². The molecular weight excluding hydrogens is 318 g/mol. The maximum absolute atomic E-state index is 12.3. The van der Waals surface area contributed by atoms with Crippen molar-refractivity contribution in [1.29, 1.82) is 0 Å². The molecule has 0 aromatic heterocycles. The lowest BCUT2D eigenvalue weighted by Gasteiger charge is -2.14. The van der Waals surface area contributed by atoms with E-state index in [-0.39, 0.29) is 11.9 Å². The number of nitrogens with one attached hydrogen (secondary N) is 2. The molecule has 1 saturated heterocycles. The van der Waals surface area contributed by atoms with Gasteiger partial charge in [-0.1, -0.05) is 24.3 Å². The highest BCUT2D eigenvalue weighted by Crippen LogP contribution is 2.17. The quantitative estimate of drug-likeness (QED) is 0.848. The number of hydrogen-bond acceptors (Lipinski definition) is 3. The van der Waals surface area contributed by atoms with E-state index in [1.54, 1.807) is 36.3 Å². The van der Waals surface area contributed by atoms with E-state index in [0.717, 1.165) is 16.8 Å². The zero-order valence-corrected chi connectivity index (χ0v) is 14.1. The van der Waals surface area contributed by atoms with Crippen LogP contribution in [0.4, 0.5) is 10.5 Å². The molecular formula is C19H21N3O3. The second-order valence-corrected chi connectivity index (χ2v) is 5.81. The van der Waals surface area contributed by atoms with Crippen LogP contribution in [0.25, 0.3) is 0 Å². The van der Waals surface area contributed by atoms with Crippen molar-refractivity contribution in [3.05, 3.63) is 65.2 Å². The molecule has 6 nitrogen and oxygen atoms in total. The molecule has 0 bridgehead atoms. The minimum atomic E-state index is -0.148. The van der Waals surface area contributed by atoms with Crippen molar-refractivity contribution in [3.8, 4) is 0 Å². The summed E-state index contributed by atoms with van der Waals surface area (Å²) in [7, 11) is 1.65. The molecule has 130 valence electrons. The fourth-order valence-electron chi connectivity index (χ4n) is 2.81. The van der Waals surface area contributed by atoms with Crippen molar-refractivity contribution < 1.29 is 14.3 Å². The predicted molar refractivity (Wildman–Crippen MR) is 95.5 cm³/mol. The van der Waals surface area contributed by atoms with Gasteiger partial charge in [0, 0.05) is 38.0 Å². The van der Waals surface area contributed by atoms with Crippen LogP contribution in [0.3, 0.4) is 0 Å². The van der Waals surface area contributed by atoms with Gasteiger partial charge >= 0.3 is 6.03 Å². The van der Waals surface area contributed by atoms with Gasteiger partial charge in [-0.2, -0.15) is 0 Å². The van der Waals surface area contributed by atoms with E-state index in [1.807, 2.05) is 24.3 Å². The molecule has 1 fully saturated rings. The van der Waals surface area contributed by atoms with Crippen molar-refractivity contribution in [2.24, 2.45) is 0 Å². The Morgan fingerprint density at radius 3 is 2.52 bits per heavy atom. The van der Waals surface area contributed by atoms with Crippen molar-refractivity contribution in [2.75, 3.05) is 25.1 Å². The first-order chi connectivity index (χ1) is 12.2. The van der Waals surface area contributed by atoms with Crippen molar-refractivity contribution in [1.82, 2.24) is 10.6 Å². The minimum Gasteiger partial charge on any atom is -0.380 e. The second kappa shape index (κ2) is 7.81. The van der Waals surface area contributed by atoms with Crippen LogP contribution in [0.15, 0.2) is 48.5 Å². The number of methoxy groups -OCH3 is 1. The summed E-state index contributed by atoms with van der Waals surface area (Å²) in [5, 5.41) is 5.68. The molecule has 0 radical (unpaired) electrons. The maximum Gasteiger partial charge on any atom is 0.321 e. The van der Waals surface area contributed by atoms with E-state index in [4.69, 9.17) is 4.74 Å². The van der Waals surface area contributed by atoms with Gasteiger partial charge in [0.1, 0.15) is 0 Å². The molecule has 0 unspecified atom stereocenters. The fourth-order valence-corrected chi connectivity index (χ4v) is 2.81. The minimum absolute atomic E-state index is 0.105. The van der Waals surface area contributed by atoms with Gasteiger partial charge in [0.05, 0.1) is 6.61 Å². The van der Waals surface area contributed by atoms with Crippen LogP contribution >= 0.6 is 0 Å². The number of nitrogens with zero attached hydrogens (tertiary/aromatic N) is 1. The summed E-state index contributed by atoms with van der Waals surface area (Å²) in [5.74, 6) is -0.148. The molecule has 0 atom stereocenters. The van der Waals surface area contributed by atoms with Gasteiger partial charge in [0.2, 0.25) is 0 Å². The Labute approximate surface area is 146 Å². The van der Waals surface area contributed by atoms with Gasteiger partial charge in [-0.15, -0.1) is 0 Å². The van der Waals surface area contributed by atoms with Gasteiger partial charge in [0.25, 0.3) is 5.91 Å². The monoisotopic (exact) mass is 339 g/mol. The van der Waals surface area contributed by atoms with E-state index < -0.39 is 0 Å². The average Bonchev–Trinajstić information content (AvgIpc) is 3.07. The summed E-state index contributed by atoms with van der Waals surface area (Å²) in [5.41, 5.74) is 3.44. The number of ether oxygens (including phenoxy) is 1. The van der Waals surface area contributed by atoms with Gasteiger partial charge in [0.15, 0.2) is 0 Å². The third kappa shape index (κ3) is 3.97. The molecule has 1 aliphatic rings.